The van der Waals surface area contributed by atoms with Crippen LogP contribution >= 0.6 is 12.4 Å². The molecule has 0 aliphatic carbocycles. The van der Waals surface area contributed by atoms with Crippen LogP contribution in [0.4, 0.5) is 17.6 Å². The van der Waals surface area contributed by atoms with Crippen molar-refractivity contribution >= 4 is 18.3 Å². The van der Waals surface area contributed by atoms with E-state index in [-0.39, 0.29) is 25.4 Å². The average molecular weight is 327 g/mol. The van der Waals surface area contributed by atoms with E-state index >= 15 is 0 Å². The molecule has 118 valence electrons. The van der Waals surface area contributed by atoms with E-state index < -0.39 is 42.5 Å². The molecule has 3 nitrogen and oxygen atoms in total. The van der Waals surface area contributed by atoms with Crippen molar-refractivity contribution in [2.75, 3.05) is 13.1 Å². The first-order valence-electron chi connectivity index (χ1n) is 6.20. The Morgan fingerprint density at radius 3 is 2.43 bits per heavy atom. The number of benzene rings is 1. The number of carbonyl (C=O) groups excluding carboxylic acids is 1. The largest absolute Gasteiger partial charge is 0.354 e. The molecule has 1 aliphatic heterocycles. The Morgan fingerprint density at radius 2 is 1.90 bits per heavy atom. The van der Waals surface area contributed by atoms with Crippen LogP contribution in [0.25, 0.3) is 0 Å². The summed E-state index contributed by atoms with van der Waals surface area (Å²) in [6.07, 6.45) is -0.309. The van der Waals surface area contributed by atoms with E-state index in [1.807, 2.05) is 0 Å². The Hall–Kier alpha value is -1.34. The quantitative estimate of drug-likeness (QED) is 0.831. The zero-order valence-corrected chi connectivity index (χ0v) is 11.8. The van der Waals surface area contributed by atoms with Gasteiger partial charge in [-0.05, 0) is 24.1 Å². The van der Waals surface area contributed by atoms with Crippen molar-refractivity contribution in [1.29, 1.82) is 0 Å². The summed E-state index contributed by atoms with van der Waals surface area (Å²) >= 11 is 0. The number of halogens is 5. The normalized spacial score (nSPS) is 19.9. The Morgan fingerprint density at radius 1 is 1.29 bits per heavy atom. The van der Waals surface area contributed by atoms with Gasteiger partial charge >= 0.3 is 0 Å². The first-order chi connectivity index (χ1) is 9.35. The molecule has 21 heavy (non-hydrogen) atoms. The minimum absolute atomic E-state index is 0. The lowest BCUT2D eigenvalue weighted by Gasteiger charge is -2.11. The third-order valence-electron chi connectivity index (χ3n) is 3.06. The van der Waals surface area contributed by atoms with Crippen LogP contribution in [0.1, 0.15) is 12.0 Å². The number of nitrogens with one attached hydrogen (secondary N) is 2. The second-order valence-electron chi connectivity index (χ2n) is 4.81. The van der Waals surface area contributed by atoms with Gasteiger partial charge in [0.15, 0.2) is 0 Å². The number of alkyl halides is 2. The van der Waals surface area contributed by atoms with Gasteiger partial charge in [0.25, 0.3) is 5.92 Å². The summed E-state index contributed by atoms with van der Waals surface area (Å²) in [5, 5.41) is 4.90. The average Bonchev–Trinajstić information content (AvgIpc) is 2.68. The zero-order valence-electron chi connectivity index (χ0n) is 11.0. The first-order valence-corrected chi connectivity index (χ1v) is 6.20. The molecule has 2 rings (SSSR count). The summed E-state index contributed by atoms with van der Waals surface area (Å²) in [6, 6.07) is 2.16. The Labute approximate surface area is 125 Å². The van der Waals surface area contributed by atoms with Crippen LogP contribution in [0.5, 0.6) is 0 Å². The van der Waals surface area contributed by atoms with Crippen LogP contribution in [0.2, 0.25) is 0 Å². The van der Waals surface area contributed by atoms with Crippen molar-refractivity contribution in [3.05, 3.63) is 35.4 Å². The van der Waals surface area contributed by atoms with Gasteiger partial charge < -0.3 is 5.32 Å². The maximum Gasteiger partial charge on any atom is 0.262 e. The van der Waals surface area contributed by atoms with Crippen molar-refractivity contribution in [3.8, 4) is 0 Å². The van der Waals surface area contributed by atoms with Gasteiger partial charge in [-0.3, -0.25) is 10.1 Å². The van der Waals surface area contributed by atoms with Crippen LogP contribution in [-0.4, -0.2) is 31.0 Å². The molecule has 1 saturated heterocycles. The van der Waals surface area contributed by atoms with Crippen molar-refractivity contribution < 1.29 is 22.4 Å². The first kappa shape index (κ1) is 17.7. The van der Waals surface area contributed by atoms with E-state index in [1.54, 1.807) is 0 Å². The summed E-state index contributed by atoms with van der Waals surface area (Å²) in [6.45, 7) is -0.383. The van der Waals surface area contributed by atoms with E-state index in [0.717, 1.165) is 18.2 Å². The maximum absolute atomic E-state index is 12.9. The summed E-state index contributed by atoms with van der Waals surface area (Å²) in [7, 11) is 0. The van der Waals surface area contributed by atoms with Gasteiger partial charge in [-0.2, -0.15) is 0 Å². The van der Waals surface area contributed by atoms with Gasteiger partial charge in [0.05, 0.1) is 12.6 Å². The van der Waals surface area contributed by atoms with Crippen LogP contribution < -0.4 is 10.6 Å². The highest BCUT2D eigenvalue weighted by atomic mass is 35.5. The third kappa shape index (κ3) is 5.17. The summed E-state index contributed by atoms with van der Waals surface area (Å²) < 4.78 is 51.7. The lowest BCUT2D eigenvalue weighted by atomic mass is 10.1. The Kier molecular flexibility index (Phi) is 5.98. The second-order valence-corrected chi connectivity index (χ2v) is 4.81. The molecule has 0 spiro atoms. The van der Waals surface area contributed by atoms with Gasteiger partial charge in [-0.1, -0.05) is 0 Å². The molecule has 0 radical (unpaired) electrons. The monoisotopic (exact) mass is 326 g/mol. The highest BCUT2D eigenvalue weighted by molar-refractivity contribution is 5.85. The van der Waals surface area contributed by atoms with Crippen LogP contribution in [0.3, 0.4) is 0 Å². The molecule has 1 aliphatic rings. The standard InChI is InChI=1S/C13H14F4N2O.ClH/c14-9-3-8(4-10(15)5-9)1-2-18-12(20)11-6-13(16,17)7-19-11;/h3-5,11,19H,1-2,6-7H2,(H,18,20);1H. The van der Waals surface area contributed by atoms with Gasteiger partial charge in [0.1, 0.15) is 11.6 Å². The molecule has 1 heterocycles. The fourth-order valence-electron chi connectivity index (χ4n) is 2.11. The van der Waals surface area contributed by atoms with Gasteiger partial charge in [0.2, 0.25) is 5.91 Å². The molecular weight excluding hydrogens is 312 g/mol. The van der Waals surface area contributed by atoms with Gasteiger partial charge in [-0.15, -0.1) is 12.4 Å². The molecular formula is C13H15ClF4N2O. The predicted octanol–water partition coefficient (Wildman–Crippen LogP) is 2.04. The van der Waals surface area contributed by atoms with Crippen molar-refractivity contribution in [2.45, 2.75) is 24.8 Å². The Bertz CT molecular complexity index is 493. The molecule has 1 atom stereocenters. The summed E-state index contributed by atoms with van der Waals surface area (Å²) in [5.41, 5.74) is 0.396. The fourth-order valence-corrected chi connectivity index (χ4v) is 2.11. The molecule has 1 aromatic rings. The number of hydrogen-bond donors (Lipinski definition) is 2. The minimum atomic E-state index is -2.87. The van der Waals surface area contributed by atoms with Crippen LogP contribution in [0, 0.1) is 11.6 Å². The SMILES string of the molecule is Cl.O=C(NCCc1cc(F)cc(F)c1)C1CC(F)(F)CN1. The molecule has 2 N–H and O–H groups in total. The van der Waals surface area contributed by atoms with E-state index in [1.165, 1.54) is 0 Å². The molecule has 1 amide bonds. The highest BCUT2D eigenvalue weighted by Gasteiger charge is 2.42. The van der Waals surface area contributed by atoms with Gasteiger partial charge in [-0.25, -0.2) is 17.6 Å². The maximum atomic E-state index is 12.9. The topological polar surface area (TPSA) is 41.1 Å². The molecule has 1 fully saturated rings. The van der Waals surface area contributed by atoms with Crippen LogP contribution in [-0.2, 0) is 11.2 Å². The Balaban J connectivity index is 0.00000220. The molecule has 1 unspecified atom stereocenters. The fraction of sp³-hybridized carbons (Fsp3) is 0.462. The smallest absolute Gasteiger partial charge is 0.262 e. The van der Waals surface area contributed by atoms with Gasteiger partial charge in [0, 0.05) is 19.0 Å². The number of rotatable bonds is 4. The zero-order chi connectivity index (χ0) is 14.8. The summed E-state index contributed by atoms with van der Waals surface area (Å²) in [5.74, 6) is -4.78. The number of carbonyl (C=O) groups is 1. The van der Waals surface area contributed by atoms with Crippen LogP contribution in [0.15, 0.2) is 18.2 Å². The van der Waals surface area contributed by atoms with E-state index in [4.69, 9.17) is 0 Å². The number of hydrogen-bond acceptors (Lipinski definition) is 2. The van der Waals surface area contributed by atoms with Crippen molar-refractivity contribution in [3.63, 3.8) is 0 Å². The predicted molar refractivity (Wildman–Crippen MR) is 71.7 cm³/mol. The van der Waals surface area contributed by atoms with E-state index in [0.29, 0.717) is 5.56 Å². The number of amides is 1. The highest BCUT2D eigenvalue weighted by Crippen LogP contribution is 2.24. The molecule has 0 saturated carbocycles. The lowest BCUT2D eigenvalue weighted by molar-refractivity contribution is -0.123. The molecule has 8 heteroatoms. The van der Waals surface area contributed by atoms with Crippen molar-refractivity contribution in [2.24, 2.45) is 0 Å². The minimum Gasteiger partial charge on any atom is -0.354 e. The van der Waals surface area contributed by atoms with E-state index in [2.05, 4.69) is 10.6 Å². The molecule has 0 aromatic heterocycles. The van der Waals surface area contributed by atoms with Crippen molar-refractivity contribution in [1.82, 2.24) is 10.6 Å². The second kappa shape index (κ2) is 7.09. The molecule has 0 bridgehead atoms. The molecule has 1 aromatic carbocycles. The third-order valence-corrected chi connectivity index (χ3v) is 3.06. The lowest BCUT2D eigenvalue weighted by Crippen LogP contribution is -2.41. The summed E-state index contributed by atoms with van der Waals surface area (Å²) in [4.78, 5) is 11.6. The van der Waals surface area contributed by atoms with E-state index in [9.17, 15) is 22.4 Å².